The molecule has 2 aromatic carbocycles. The van der Waals surface area contributed by atoms with Crippen LogP contribution in [0.2, 0.25) is 0 Å². The zero-order chi connectivity index (χ0) is 20.4. The highest BCUT2D eigenvalue weighted by Gasteiger charge is 2.24. The number of carbonyl (C=O) groups excluding carboxylic acids is 1. The number of benzene rings is 2. The Morgan fingerprint density at radius 1 is 1.03 bits per heavy atom. The predicted octanol–water partition coefficient (Wildman–Crippen LogP) is 4.64. The molecule has 2 heterocycles. The third-order valence-electron chi connectivity index (χ3n) is 4.79. The topological polar surface area (TPSA) is 74.6 Å². The average molecular weight is 393 g/mol. The van der Waals surface area contributed by atoms with Gasteiger partial charge in [-0.1, -0.05) is 18.2 Å². The van der Waals surface area contributed by atoms with E-state index in [1.165, 1.54) is 30.5 Å². The first-order valence-corrected chi connectivity index (χ1v) is 9.09. The number of pyridine rings is 1. The number of amides is 1. The van der Waals surface area contributed by atoms with E-state index in [9.17, 15) is 18.7 Å². The minimum Gasteiger partial charge on any atom is -0.504 e. The summed E-state index contributed by atoms with van der Waals surface area (Å²) in [6.07, 6.45) is 2.58. The van der Waals surface area contributed by atoms with E-state index in [0.717, 1.165) is 5.56 Å². The van der Waals surface area contributed by atoms with Crippen LogP contribution in [0.3, 0.4) is 0 Å². The third-order valence-corrected chi connectivity index (χ3v) is 4.79. The summed E-state index contributed by atoms with van der Waals surface area (Å²) in [7, 11) is 0. The Hall–Kier alpha value is -3.61. The number of aromatic hydroxyl groups is 1. The van der Waals surface area contributed by atoms with Gasteiger partial charge in [0, 0.05) is 17.5 Å². The van der Waals surface area contributed by atoms with E-state index in [2.05, 4.69) is 15.3 Å². The third kappa shape index (κ3) is 3.85. The molecule has 0 spiro atoms. The molecule has 1 atom stereocenters. The van der Waals surface area contributed by atoms with Gasteiger partial charge < -0.3 is 10.4 Å². The highest BCUT2D eigenvalue weighted by atomic mass is 19.1. The van der Waals surface area contributed by atoms with E-state index in [0.29, 0.717) is 24.1 Å². The molecule has 0 aliphatic carbocycles. The lowest BCUT2D eigenvalue weighted by molar-refractivity contribution is 0.102. The molecule has 1 aliphatic rings. The smallest absolute Gasteiger partial charge is 0.256 e. The standard InChI is InChI=1S/C22H17F2N3O2/c23-15-3-1-4-16(24)20(15)18-11-10-17(26-18)13-6-8-14(9-7-13)22(29)27-21-19(28)5-2-12-25-21/h1-9,12,17,28H,10-11H2,(H,25,27,29). The van der Waals surface area contributed by atoms with Crippen molar-refractivity contribution in [3.05, 3.63) is 89.1 Å². The van der Waals surface area contributed by atoms with Gasteiger partial charge in [-0.05, 0) is 54.8 Å². The van der Waals surface area contributed by atoms with Gasteiger partial charge in [0.1, 0.15) is 11.6 Å². The summed E-state index contributed by atoms with van der Waals surface area (Å²) in [4.78, 5) is 20.7. The van der Waals surface area contributed by atoms with Crippen molar-refractivity contribution in [3.63, 3.8) is 0 Å². The maximum atomic E-state index is 14.0. The summed E-state index contributed by atoms with van der Waals surface area (Å²) in [6.45, 7) is 0. The molecule has 1 aromatic heterocycles. The van der Waals surface area contributed by atoms with Crippen molar-refractivity contribution in [2.45, 2.75) is 18.9 Å². The summed E-state index contributed by atoms with van der Waals surface area (Å²) in [6, 6.07) is 13.4. The van der Waals surface area contributed by atoms with Crippen molar-refractivity contribution in [3.8, 4) is 5.75 Å². The molecular formula is C22H17F2N3O2. The summed E-state index contributed by atoms with van der Waals surface area (Å²) >= 11 is 0. The van der Waals surface area contributed by atoms with E-state index in [1.807, 2.05) is 0 Å². The van der Waals surface area contributed by atoms with Crippen molar-refractivity contribution >= 4 is 17.4 Å². The fourth-order valence-corrected chi connectivity index (χ4v) is 3.32. The van der Waals surface area contributed by atoms with Gasteiger partial charge in [-0.15, -0.1) is 0 Å². The first-order valence-electron chi connectivity index (χ1n) is 9.09. The van der Waals surface area contributed by atoms with Crippen LogP contribution in [0.4, 0.5) is 14.6 Å². The maximum absolute atomic E-state index is 14.0. The number of halogens is 2. The van der Waals surface area contributed by atoms with E-state index in [4.69, 9.17) is 0 Å². The summed E-state index contributed by atoms with van der Waals surface area (Å²) in [5.74, 6) is -1.68. The van der Waals surface area contributed by atoms with Gasteiger partial charge in [-0.2, -0.15) is 0 Å². The second kappa shape index (κ2) is 7.79. The SMILES string of the molecule is O=C(Nc1ncccc1O)c1ccc(C2CCC(c3c(F)cccc3F)=N2)cc1. The van der Waals surface area contributed by atoms with Crippen molar-refractivity contribution < 1.29 is 18.7 Å². The number of nitrogens with zero attached hydrogens (tertiary/aromatic N) is 2. The van der Waals surface area contributed by atoms with Gasteiger partial charge in [0.05, 0.1) is 11.6 Å². The molecule has 1 amide bonds. The molecule has 5 nitrogen and oxygen atoms in total. The molecule has 4 rings (SSSR count). The molecule has 0 bridgehead atoms. The first-order chi connectivity index (χ1) is 14.0. The monoisotopic (exact) mass is 393 g/mol. The molecule has 0 fully saturated rings. The van der Waals surface area contributed by atoms with E-state index in [-0.39, 0.29) is 23.2 Å². The van der Waals surface area contributed by atoms with Crippen LogP contribution in [0.5, 0.6) is 5.75 Å². The Kier molecular flexibility index (Phi) is 5.03. The number of hydrogen-bond donors (Lipinski definition) is 2. The second-order valence-electron chi connectivity index (χ2n) is 6.67. The van der Waals surface area contributed by atoms with Crippen molar-refractivity contribution in [2.24, 2.45) is 4.99 Å². The number of aromatic nitrogens is 1. The number of aliphatic imine (C=N–C) groups is 1. The van der Waals surface area contributed by atoms with Gasteiger partial charge in [-0.3, -0.25) is 9.79 Å². The van der Waals surface area contributed by atoms with Crippen LogP contribution in [0.1, 0.15) is 40.4 Å². The highest BCUT2D eigenvalue weighted by Crippen LogP contribution is 2.32. The molecule has 7 heteroatoms. The van der Waals surface area contributed by atoms with Gasteiger partial charge in [0.15, 0.2) is 11.6 Å². The molecule has 146 valence electrons. The molecule has 29 heavy (non-hydrogen) atoms. The van der Waals surface area contributed by atoms with E-state index in [1.54, 1.807) is 30.3 Å². The van der Waals surface area contributed by atoms with E-state index >= 15 is 0 Å². The lowest BCUT2D eigenvalue weighted by atomic mass is 10.0. The van der Waals surface area contributed by atoms with Crippen LogP contribution in [-0.4, -0.2) is 21.7 Å². The minimum atomic E-state index is -0.616. The quantitative estimate of drug-likeness (QED) is 0.678. The number of carbonyl (C=O) groups is 1. The lowest BCUT2D eigenvalue weighted by Crippen LogP contribution is -2.13. The molecule has 1 aliphatic heterocycles. The highest BCUT2D eigenvalue weighted by molar-refractivity contribution is 6.04. The average Bonchev–Trinajstić information content (AvgIpc) is 3.19. The molecule has 3 aromatic rings. The van der Waals surface area contributed by atoms with Gasteiger partial charge in [-0.25, -0.2) is 13.8 Å². The minimum absolute atomic E-state index is 0.0684. The largest absolute Gasteiger partial charge is 0.504 e. The van der Waals surface area contributed by atoms with Crippen LogP contribution in [-0.2, 0) is 0 Å². The maximum Gasteiger partial charge on any atom is 0.256 e. The van der Waals surface area contributed by atoms with Crippen LogP contribution in [0.25, 0.3) is 0 Å². The van der Waals surface area contributed by atoms with E-state index < -0.39 is 17.5 Å². The zero-order valence-corrected chi connectivity index (χ0v) is 15.3. The Morgan fingerprint density at radius 3 is 2.45 bits per heavy atom. The Labute approximate surface area is 165 Å². The molecule has 0 radical (unpaired) electrons. The number of rotatable bonds is 4. The van der Waals surface area contributed by atoms with Crippen molar-refractivity contribution in [1.29, 1.82) is 0 Å². The van der Waals surface area contributed by atoms with Gasteiger partial charge in [0.2, 0.25) is 0 Å². The van der Waals surface area contributed by atoms with Gasteiger partial charge in [0.25, 0.3) is 5.91 Å². The summed E-state index contributed by atoms with van der Waals surface area (Å²) in [5.41, 5.74) is 1.59. The molecular weight excluding hydrogens is 376 g/mol. The van der Waals surface area contributed by atoms with Crippen molar-refractivity contribution in [1.82, 2.24) is 4.98 Å². The first kappa shape index (κ1) is 18.7. The second-order valence-corrected chi connectivity index (χ2v) is 6.67. The molecule has 2 N–H and O–H groups in total. The molecule has 0 saturated heterocycles. The fourth-order valence-electron chi connectivity index (χ4n) is 3.32. The molecule has 1 unspecified atom stereocenters. The normalized spacial score (nSPS) is 15.8. The number of nitrogens with one attached hydrogen (secondary N) is 1. The van der Waals surface area contributed by atoms with Crippen LogP contribution < -0.4 is 5.32 Å². The number of hydrogen-bond acceptors (Lipinski definition) is 4. The molecule has 0 saturated carbocycles. The Morgan fingerprint density at radius 2 is 1.76 bits per heavy atom. The zero-order valence-electron chi connectivity index (χ0n) is 15.3. The van der Waals surface area contributed by atoms with Crippen LogP contribution >= 0.6 is 0 Å². The summed E-state index contributed by atoms with van der Waals surface area (Å²) < 4.78 is 28.0. The predicted molar refractivity (Wildman–Crippen MR) is 105 cm³/mol. The Bertz CT molecular complexity index is 1080. The fraction of sp³-hybridized carbons (Fsp3) is 0.136. The number of anilines is 1. The lowest BCUT2D eigenvalue weighted by Gasteiger charge is -2.09. The van der Waals surface area contributed by atoms with Gasteiger partial charge >= 0.3 is 0 Å². The van der Waals surface area contributed by atoms with Crippen LogP contribution in [0, 0.1) is 11.6 Å². The van der Waals surface area contributed by atoms with Crippen molar-refractivity contribution in [2.75, 3.05) is 5.32 Å². The van der Waals surface area contributed by atoms with Crippen LogP contribution in [0.15, 0.2) is 65.8 Å². The summed E-state index contributed by atoms with van der Waals surface area (Å²) in [5, 5.41) is 12.3. The Balaban J connectivity index is 1.51.